The third-order valence-corrected chi connectivity index (χ3v) is 2.43. The summed E-state index contributed by atoms with van der Waals surface area (Å²) >= 11 is 11.5. The van der Waals surface area contributed by atoms with E-state index in [1.54, 1.807) is 6.92 Å². The first-order valence-corrected chi connectivity index (χ1v) is 4.11. The van der Waals surface area contributed by atoms with Crippen LogP contribution in [0.1, 0.15) is 22.8 Å². The third-order valence-electron chi connectivity index (χ3n) is 1.56. The maximum absolute atomic E-state index is 11.0. The zero-order chi connectivity index (χ0) is 9.30. The van der Waals surface area contributed by atoms with Crippen LogP contribution in [0, 0.1) is 6.92 Å². The van der Waals surface area contributed by atoms with Gasteiger partial charge in [0.2, 0.25) is 0 Å². The molecule has 2 nitrogen and oxygen atoms in total. The second-order valence-electron chi connectivity index (χ2n) is 2.46. The van der Waals surface area contributed by atoms with E-state index in [9.17, 15) is 4.79 Å². The lowest BCUT2D eigenvalue weighted by molar-refractivity contribution is 0.101. The second kappa shape index (κ2) is 3.42. The largest absolute Gasteiger partial charge is 0.294 e. The fourth-order valence-electron chi connectivity index (χ4n) is 0.813. The number of ketones is 1. The van der Waals surface area contributed by atoms with Crippen molar-refractivity contribution >= 4 is 29.0 Å². The first-order valence-electron chi connectivity index (χ1n) is 3.35. The number of Topliss-reactive ketones (excluding diaryl/α,β-unsaturated/α-hetero) is 1. The third kappa shape index (κ3) is 1.59. The van der Waals surface area contributed by atoms with Gasteiger partial charge in [-0.2, -0.15) is 0 Å². The Labute approximate surface area is 80.5 Å². The minimum atomic E-state index is -0.104. The van der Waals surface area contributed by atoms with Crippen LogP contribution in [-0.4, -0.2) is 10.8 Å². The van der Waals surface area contributed by atoms with E-state index in [0.717, 1.165) is 0 Å². The number of halogens is 2. The van der Waals surface area contributed by atoms with Crippen molar-refractivity contribution in [2.45, 2.75) is 13.8 Å². The van der Waals surface area contributed by atoms with E-state index in [0.29, 0.717) is 21.3 Å². The molecule has 0 spiro atoms. The molecule has 0 N–H and O–H groups in total. The summed E-state index contributed by atoms with van der Waals surface area (Å²) in [4.78, 5) is 14.8. The van der Waals surface area contributed by atoms with Crippen LogP contribution in [0.5, 0.6) is 0 Å². The number of hydrogen-bond acceptors (Lipinski definition) is 2. The van der Waals surface area contributed by atoms with E-state index in [1.165, 1.54) is 13.1 Å². The number of carbonyl (C=O) groups excluding carboxylic acids is 1. The van der Waals surface area contributed by atoms with Gasteiger partial charge in [-0.1, -0.05) is 23.2 Å². The monoisotopic (exact) mass is 203 g/mol. The molecule has 0 atom stereocenters. The highest BCUT2D eigenvalue weighted by Crippen LogP contribution is 2.24. The quantitative estimate of drug-likeness (QED) is 0.520. The highest BCUT2D eigenvalue weighted by molar-refractivity contribution is 6.37. The number of carbonyl (C=O) groups is 1. The summed E-state index contributed by atoms with van der Waals surface area (Å²) in [6.07, 6.45) is 1.39. The lowest BCUT2D eigenvalue weighted by atomic mass is 10.1. The Morgan fingerprint density at radius 2 is 2.08 bits per heavy atom. The molecule has 1 rings (SSSR count). The van der Waals surface area contributed by atoms with Gasteiger partial charge in [-0.05, 0) is 13.8 Å². The lowest BCUT2D eigenvalue weighted by Gasteiger charge is -2.03. The van der Waals surface area contributed by atoms with Crippen molar-refractivity contribution in [3.05, 3.63) is 27.5 Å². The van der Waals surface area contributed by atoms with Gasteiger partial charge in [0.15, 0.2) is 5.78 Å². The van der Waals surface area contributed by atoms with Crippen LogP contribution in [0.25, 0.3) is 0 Å². The molecule has 1 heterocycles. The van der Waals surface area contributed by atoms with Gasteiger partial charge >= 0.3 is 0 Å². The molecule has 1 aromatic heterocycles. The zero-order valence-electron chi connectivity index (χ0n) is 6.69. The predicted octanol–water partition coefficient (Wildman–Crippen LogP) is 2.90. The minimum absolute atomic E-state index is 0.104. The van der Waals surface area contributed by atoms with E-state index in [-0.39, 0.29) is 5.78 Å². The van der Waals surface area contributed by atoms with E-state index in [4.69, 9.17) is 23.2 Å². The Bertz CT molecular complexity index is 336. The van der Waals surface area contributed by atoms with Gasteiger partial charge in [-0.15, -0.1) is 0 Å². The van der Waals surface area contributed by atoms with Gasteiger partial charge in [0.1, 0.15) is 5.15 Å². The van der Waals surface area contributed by atoms with Crippen molar-refractivity contribution in [2.24, 2.45) is 0 Å². The number of aromatic nitrogens is 1. The molecule has 0 aromatic carbocycles. The molecule has 0 saturated carbocycles. The molecule has 0 amide bonds. The molecule has 0 fully saturated rings. The molecule has 0 radical (unpaired) electrons. The smallest absolute Gasteiger partial charge is 0.162 e. The SMILES string of the molecule is CC(=O)c1cnc(Cl)c(C)c1Cl. The Hall–Kier alpha value is -0.600. The molecule has 0 aliphatic heterocycles. The summed E-state index contributed by atoms with van der Waals surface area (Å²) in [6, 6.07) is 0. The fourth-order valence-corrected chi connectivity index (χ4v) is 1.28. The zero-order valence-corrected chi connectivity index (χ0v) is 8.20. The summed E-state index contributed by atoms with van der Waals surface area (Å²) in [5.74, 6) is -0.104. The van der Waals surface area contributed by atoms with Crippen LogP contribution in [0.2, 0.25) is 10.2 Å². The highest BCUT2D eigenvalue weighted by Gasteiger charge is 2.10. The molecule has 4 heteroatoms. The molecule has 0 unspecified atom stereocenters. The van der Waals surface area contributed by atoms with Crippen LogP contribution >= 0.6 is 23.2 Å². The second-order valence-corrected chi connectivity index (χ2v) is 3.19. The van der Waals surface area contributed by atoms with Crippen LogP contribution in [0.3, 0.4) is 0 Å². The Kier molecular flexibility index (Phi) is 2.70. The molecule has 1 aromatic rings. The average molecular weight is 204 g/mol. The van der Waals surface area contributed by atoms with Crippen molar-refractivity contribution < 1.29 is 4.79 Å². The molecular formula is C8H7Cl2NO. The number of rotatable bonds is 1. The maximum Gasteiger partial charge on any atom is 0.162 e. The van der Waals surface area contributed by atoms with Crippen LogP contribution in [-0.2, 0) is 0 Å². The molecule has 64 valence electrons. The van der Waals surface area contributed by atoms with Gasteiger partial charge in [0.05, 0.1) is 10.6 Å². The molecule has 12 heavy (non-hydrogen) atoms. The fraction of sp³-hybridized carbons (Fsp3) is 0.250. The van der Waals surface area contributed by atoms with Crippen molar-refractivity contribution in [3.63, 3.8) is 0 Å². The van der Waals surface area contributed by atoms with Gasteiger partial charge < -0.3 is 0 Å². The normalized spacial score (nSPS) is 10.0. The average Bonchev–Trinajstić information content (AvgIpc) is 2.00. The molecule has 0 aliphatic rings. The molecule has 0 saturated heterocycles. The standard InChI is InChI=1S/C8H7Cl2NO/c1-4-7(9)6(5(2)12)3-11-8(4)10/h3H,1-2H3. The van der Waals surface area contributed by atoms with Crippen molar-refractivity contribution in [3.8, 4) is 0 Å². The van der Waals surface area contributed by atoms with E-state index in [1.807, 2.05) is 0 Å². The van der Waals surface area contributed by atoms with E-state index >= 15 is 0 Å². The predicted molar refractivity (Wildman–Crippen MR) is 49.0 cm³/mol. The van der Waals surface area contributed by atoms with Gasteiger partial charge in [-0.25, -0.2) is 4.98 Å². The Balaban J connectivity index is 3.36. The highest BCUT2D eigenvalue weighted by atomic mass is 35.5. The maximum atomic E-state index is 11.0. The van der Waals surface area contributed by atoms with E-state index in [2.05, 4.69) is 4.98 Å². The topological polar surface area (TPSA) is 30.0 Å². The summed E-state index contributed by atoms with van der Waals surface area (Å²) in [7, 11) is 0. The van der Waals surface area contributed by atoms with Crippen molar-refractivity contribution in [2.75, 3.05) is 0 Å². The first kappa shape index (κ1) is 9.49. The van der Waals surface area contributed by atoms with Gasteiger partial charge in [0.25, 0.3) is 0 Å². The van der Waals surface area contributed by atoms with Gasteiger partial charge in [-0.3, -0.25) is 4.79 Å². The number of pyridine rings is 1. The summed E-state index contributed by atoms with van der Waals surface area (Å²) in [6.45, 7) is 3.17. The lowest BCUT2D eigenvalue weighted by Crippen LogP contribution is -1.97. The summed E-state index contributed by atoms with van der Waals surface area (Å²) < 4.78 is 0. The van der Waals surface area contributed by atoms with Gasteiger partial charge in [0, 0.05) is 11.8 Å². The molecule has 0 bridgehead atoms. The van der Waals surface area contributed by atoms with Crippen LogP contribution in [0.15, 0.2) is 6.20 Å². The van der Waals surface area contributed by atoms with Crippen LogP contribution < -0.4 is 0 Å². The Morgan fingerprint density at radius 1 is 1.50 bits per heavy atom. The van der Waals surface area contributed by atoms with Crippen molar-refractivity contribution in [1.82, 2.24) is 4.98 Å². The minimum Gasteiger partial charge on any atom is -0.294 e. The molecular weight excluding hydrogens is 197 g/mol. The Morgan fingerprint density at radius 3 is 2.58 bits per heavy atom. The summed E-state index contributed by atoms with van der Waals surface area (Å²) in [5.41, 5.74) is 1.06. The van der Waals surface area contributed by atoms with Crippen molar-refractivity contribution in [1.29, 1.82) is 0 Å². The number of nitrogens with zero attached hydrogens (tertiary/aromatic N) is 1. The first-order chi connectivity index (χ1) is 5.54. The summed E-state index contributed by atoms with van der Waals surface area (Å²) in [5, 5.41) is 0.729. The number of hydrogen-bond donors (Lipinski definition) is 0. The van der Waals surface area contributed by atoms with E-state index < -0.39 is 0 Å². The van der Waals surface area contributed by atoms with Crippen LogP contribution in [0.4, 0.5) is 0 Å². The molecule has 0 aliphatic carbocycles.